The Balaban J connectivity index is 1.40. The highest BCUT2D eigenvalue weighted by molar-refractivity contribution is 5.32. The summed E-state index contributed by atoms with van der Waals surface area (Å²) in [6.07, 6.45) is 2.88. The van der Waals surface area contributed by atoms with Gasteiger partial charge < -0.3 is 9.84 Å². The van der Waals surface area contributed by atoms with Crippen molar-refractivity contribution in [2.45, 2.75) is 26.2 Å². The van der Waals surface area contributed by atoms with Crippen molar-refractivity contribution in [1.82, 2.24) is 4.90 Å². The molecule has 2 aromatic carbocycles. The predicted octanol–water partition coefficient (Wildman–Crippen LogP) is 4.31. The Labute approximate surface area is 153 Å². The molecule has 1 heterocycles. The number of piperidine rings is 1. The summed E-state index contributed by atoms with van der Waals surface area (Å²) in [6.45, 7) is 5.08. The van der Waals surface area contributed by atoms with Gasteiger partial charge in [-0.2, -0.15) is 0 Å². The molecule has 1 aliphatic rings. The lowest BCUT2D eigenvalue weighted by Gasteiger charge is -2.32. The van der Waals surface area contributed by atoms with E-state index in [1.54, 1.807) is 12.1 Å². The van der Waals surface area contributed by atoms with Crippen LogP contribution in [0.1, 0.15) is 24.0 Å². The fourth-order valence-corrected chi connectivity index (χ4v) is 3.41. The van der Waals surface area contributed by atoms with E-state index in [-0.39, 0.29) is 11.6 Å². The Bertz CT molecular complexity index is 743. The van der Waals surface area contributed by atoms with E-state index in [1.165, 1.54) is 12.1 Å². The maximum atomic E-state index is 14.0. The van der Waals surface area contributed by atoms with Crippen molar-refractivity contribution in [1.29, 1.82) is 0 Å². The fraction of sp³-hybridized carbons (Fsp3) is 0.429. The van der Waals surface area contributed by atoms with Crippen molar-refractivity contribution in [3.05, 3.63) is 59.2 Å². The number of rotatable bonds is 6. The molecule has 1 fully saturated rings. The molecule has 1 N–H and O–H groups in total. The molecule has 0 atom stereocenters. The number of aryl methyl sites for hydroxylation is 1. The third kappa shape index (κ3) is 4.94. The van der Waals surface area contributed by atoms with Crippen molar-refractivity contribution in [3.8, 4) is 11.5 Å². The van der Waals surface area contributed by atoms with Gasteiger partial charge in [0.05, 0.1) is 0 Å². The van der Waals surface area contributed by atoms with Crippen molar-refractivity contribution in [2.24, 2.45) is 5.92 Å². The van der Waals surface area contributed by atoms with Gasteiger partial charge in [-0.05, 0) is 74.5 Å². The second-order valence-electron chi connectivity index (χ2n) is 7.05. The van der Waals surface area contributed by atoms with Crippen LogP contribution in [0.25, 0.3) is 0 Å². The van der Waals surface area contributed by atoms with Gasteiger partial charge >= 0.3 is 0 Å². The van der Waals surface area contributed by atoms with Gasteiger partial charge in [0, 0.05) is 12.6 Å². The molecule has 1 aliphatic heterocycles. The Hall–Kier alpha value is -2.14. The minimum Gasteiger partial charge on any atom is -0.505 e. The average Bonchev–Trinajstić information content (AvgIpc) is 2.62. The van der Waals surface area contributed by atoms with Crippen LogP contribution >= 0.6 is 0 Å². The third-order valence-corrected chi connectivity index (χ3v) is 5.02. The number of ether oxygens (including phenoxy) is 1. The predicted molar refractivity (Wildman–Crippen MR) is 97.6 cm³/mol. The molecule has 0 aromatic heterocycles. The van der Waals surface area contributed by atoms with Crippen LogP contribution in [-0.4, -0.2) is 36.2 Å². The minimum absolute atomic E-state index is 0.0954. The lowest BCUT2D eigenvalue weighted by atomic mass is 9.89. The second-order valence-corrected chi connectivity index (χ2v) is 7.05. The number of phenolic OH excluding ortho intramolecular Hbond substituents is 1. The summed E-state index contributed by atoms with van der Waals surface area (Å²) in [5, 5.41) is 9.17. The maximum Gasteiger partial charge on any atom is 0.168 e. The molecule has 26 heavy (non-hydrogen) atoms. The van der Waals surface area contributed by atoms with Crippen LogP contribution in [0, 0.1) is 24.5 Å². The van der Waals surface area contributed by atoms with E-state index < -0.39 is 5.82 Å². The summed E-state index contributed by atoms with van der Waals surface area (Å²) in [5.41, 5.74) is 1.77. The van der Waals surface area contributed by atoms with E-state index in [0.29, 0.717) is 18.3 Å². The Morgan fingerprint density at radius 2 is 1.85 bits per heavy atom. The first-order valence-corrected chi connectivity index (χ1v) is 9.10. The normalized spacial score (nSPS) is 16.0. The van der Waals surface area contributed by atoms with Gasteiger partial charge in [0.2, 0.25) is 0 Å². The van der Waals surface area contributed by atoms with Gasteiger partial charge in [0.15, 0.2) is 11.6 Å². The highest BCUT2D eigenvalue weighted by Gasteiger charge is 2.20. The molecule has 2 aromatic rings. The van der Waals surface area contributed by atoms with Crippen LogP contribution < -0.4 is 4.74 Å². The lowest BCUT2D eigenvalue weighted by Crippen LogP contribution is -2.37. The first-order valence-electron chi connectivity index (χ1n) is 9.10. The molecule has 140 valence electrons. The van der Waals surface area contributed by atoms with E-state index in [0.717, 1.165) is 50.0 Å². The topological polar surface area (TPSA) is 32.7 Å². The smallest absolute Gasteiger partial charge is 0.168 e. The summed E-state index contributed by atoms with van der Waals surface area (Å²) < 4.78 is 32.8. The van der Waals surface area contributed by atoms with Crippen LogP contribution in [0.5, 0.6) is 11.5 Å². The van der Waals surface area contributed by atoms with Crippen molar-refractivity contribution in [2.75, 3.05) is 26.2 Å². The molecule has 1 saturated heterocycles. The SMILES string of the molecule is Cc1ccc(CC2CCN(CCOc3ccc(O)c(F)c3)CC2)c(F)c1. The van der Waals surface area contributed by atoms with E-state index in [2.05, 4.69) is 4.90 Å². The van der Waals surface area contributed by atoms with E-state index in [4.69, 9.17) is 4.74 Å². The molecular formula is C21H25F2NO2. The molecule has 0 bridgehead atoms. The number of nitrogens with zero attached hydrogens (tertiary/aromatic N) is 1. The molecule has 0 amide bonds. The number of likely N-dealkylation sites (tertiary alicyclic amines) is 1. The average molecular weight is 361 g/mol. The van der Waals surface area contributed by atoms with Crippen LogP contribution in [-0.2, 0) is 6.42 Å². The molecule has 0 unspecified atom stereocenters. The summed E-state index contributed by atoms with van der Waals surface area (Å²) in [6, 6.07) is 9.52. The second kappa shape index (κ2) is 8.49. The highest BCUT2D eigenvalue weighted by Crippen LogP contribution is 2.24. The number of phenols is 1. The Morgan fingerprint density at radius 1 is 1.08 bits per heavy atom. The van der Waals surface area contributed by atoms with Crippen molar-refractivity contribution >= 4 is 0 Å². The number of hydrogen-bond donors (Lipinski definition) is 1. The van der Waals surface area contributed by atoms with Crippen LogP contribution in [0.2, 0.25) is 0 Å². The van der Waals surface area contributed by atoms with Gasteiger partial charge in [0.1, 0.15) is 18.2 Å². The summed E-state index contributed by atoms with van der Waals surface area (Å²) in [7, 11) is 0. The van der Waals surface area contributed by atoms with Gasteiger partial charge in [-0.25, -0.2) is 8.78 Å². The van der Waals surface area contributed by atoms with Crippen molar-refractivity contribution < 1.29 is 18.6 Å². The Morgan fingerprint density at radius 3 is 2.54 bits per heavy atom. The number of halogens is 2. The number of benzene rings is 2. The van der Waals surface area contributed by atoms with Gasteiger partial charge in [-0.1, -0.05) is 12.1 Å². The zero-order valence-corrected chi connectivity index (χ0v) is 15.0. The van der Waals surface area contributed by atoms with Gasteiger partial charge in [-0.15, -0.1) is 0 Å². The molecule has 3 nitrogen and oxygen atoms in total. The monoisotopic (exact) mass is 361 g/mol. The van der Waals surface area contributed by atoms with Crippen LogP contribution in [0.3, 0.4) is 0 Å². The van der Waals surface area contributed by atoms with E-state index >= 15 is 0 Å². The molecule has 0 saturated carbocycles. The quantitative estimate of drug-likeness (QED) is 0.832. The fourth-order valence-electron chi connectivity index (χ4n) is 3.41. The summed E-state index contributed by atoms with van der Waals surface area (Å²) in [4.78, 5) is 2.32. The van der Waals surface area contributed by atoms with Gasteiger partial charge in [-0.3, -0.25) is 4.90 Å². The first-order chi connectivity index (χ1) is 12.5. The Kier molecular flexibility index (Phi) is 6.09. The first kappa shape index (κ1) is 18.6. The summed E-state index contributed by atoms with van der Waals surface area (Å²) in [5.74, 6) is -0.210. The zero-order chi connectivity index (χ0) is 18.5. The van der Waals surface area contributed by atoms with E-state index in [9.17, 15) is 13.9 Å². The molecule has 3 rings (SSSR count). The maximum absolute atomic E-state index is 14.0. The molecule has 0 radical (unpaired) electrons. The summed E-state index contributed by atoms with van der Waals surface area (Å²) >= 11 is 0. The number of aromatic hydroxyl groups is 1. The largest absolute Gasteiger partial charge is 0.505 e. The third-order valence-electron chi connectivity index (χ3n) is 5.02. The molecule has 0 aliphatic carbocycles. The number of hydrogen-bond acceptors (Lipinski definition) is 3. The van der Waals surface area contributed by atoms with Crippen LogP contribution in [0.4, 0.5) is 8.78 Å². The van der Waals surface area contributed by atoms with E-state index in [1.807, 2.05) is 19.1 Å². The zero-order valence-electron chi connectivity index (χ0n) is 15.0. The highest BCUT2D eigenvalue weighted by atomic mass is 19.1. The van der Waals surface area contributed by atoms with Gasteiger partial charge in [0.25, 0.3) is 0 Å². The van der Waals surface area contributed by atoms with Crippen LogP contribution in [0.15, 0.2) is 36.4 Å². The molecular weight excluding hydrogens is 336 g/mol. The van der Waals surface area contributed by atoms with Crippen molar-refractivity contribution in [3.63, 3.8) is 0 Å². The molecule has 5 heteroatoms. The lowest BCUT2D eigenvalue weighted by molar-refractivity contribution is 0.154. The molecule has 0 spiro atoms. The standard InChI is InChI=1S/C21H25F2NO2/c1-15-2-3-17(19(22)12-15)13-16-6-8-24(9-7-16)10-11-26-18-4-5-21(25)20(23)14-18/h2-5,12,14,16,25H,6-11,13H2,1H3. The minimum atomic E-state index is -0.674.